The van der Waals surface area contributed by atoms with E-state index in [4.69, 9.17) is 0 Å². The summed E-state index contributed by atoms with van der Waals surface area (Å²) in [4.78, 5) is 16.0. The average Bonchev–Trinajstić information content (AvgIpc) is 2.77. The lowest BCUT2D eigenvalue weighted by molar-refractivity contribution is -0.141. The van der Waals surface area contributed by atoms with Gasteiger partial charge in [0.1, 0.15) is 16.5 Å². The van der Waals surface area contributed by atoms with Gasteiger partial charge in [-0.25, -0.2) is 9.78 Å². The first-order valence-electron chi connectivity index (χ1n) is 6.64. The monoisotopic (exact) mass is 334 g/mol. The SMILES string of the molecule is Cc1ccc(-c2nc(Br)c3n2C(C(=O)O)CCC3)cc1. The number of imidazole rings is 1. The third-order valence-corrected chi connectivity index (χ3v) is 4.39. The van der Waals surface area contributed by atoms with Crippen LogP contribution in [0.1, 0.15) is 30.1 Å². The zero-order valence-corrected chi connectivity index (χ0v) is 12.7. The second kappa shape index (κ2) is 5.05. The second-order valence-electron chi connectivity index (χ2n) is 5.16. The van der Waals surface area contributed by atoms with Crippen LogP contribution in [-0.4, -0.2) is 20.6 Å². The molecule has 4 nitrogen and oxygen atoms in total. The Morgan fingerprint density at radius 1 is 1.40 bits per heavy atom. The third kappa shape index (κ3) is 2.16. The average molecular weight is 335 g/mol. The predicted octanol–water partition coefficient (Wildman–Crippen LogP) is 3.58. The first kappa shape index (κ1) is 13.4. The lowest BCUT2D eigenvalue weighted by Gasteiger charge is -2.24. The quantitative estimate of drug-likeness (QED) is 0.913. The summed E-state index contributed by atoms with van der Waals surface area (Å²) in [7, 11) is 0. The number of fused-ring (bicyclic) bond motifs is 1. The van der Waals surface area contributed by atoms with Gasteiger partial charge in [0.15, 0.2) is 0 Å². The summed E-state index contributed by atoms with van der Waals surface area (Å²) in [5.41, 5.74) is 3.11. The number of benzene rings is 1. The molecule has 0 aliphatic carbocycles. The molecule has 1 atom stereocenters. The fourth-order valence-electron chi connectivity index (χ4n) is 2.73. The molecule has 0 amide bonds. The first-order chi connectivity index (χ1) is 9.58. The lowest BCUT2D eigenvalue weighted by atomic mass is 10.0. The molecule has 1 aliphatic rings. The van der Waals surface area contributed by atoms with Crippen molar-refractivity contribution >= 4 is 21.9 Å². The van der Waals surface area contributed by atoms with Crippen molar-refractivity contribution in [3.63, 3.8) is 0 Å². The molecular weight excluding hydrogens is 320 g/mol. The number of carbonyl (C=O) groups is 1. The molecule has 1 N–H and O–H groups in total. The van der Waals surface area contributed by atoms with Crippen molar-refractivity contribution in [2.45, 2.75) is 32.2 Å². The van der Waals surface area contributed by atoms with Gasteiger partial charge >= 0.3 is 5.97 Å². The minimum Gasteiger partial charge on any atom is -0.480 e. The van der Waals surface area contributed by atoms with Crippen LogP contribution < -0.4 is 0 Å². The van der Waals surface area contributed by atoms with Gasteiger partial charge in [0.2, 0.25) is 0 Å². The Morgan fingerprint density at radius 2 is 2.10 bits per heavy atom. The van der Waals surface area contributed by atoms with Crippen LogP contribution in [0.5, 0.6) is 0 Å². The predicted molar refractivity (Wildman–Crippen MR) is 79.7 cm³/mol. The Morgan fingerprint density at radius 3 is 2.75 bits per heavy atom. The van der Waals surface area contributed by atoms with E-state index < -0.39 is 12.0 Å². The molecule has 20 heavy (non-hydrogen) atoms. The van der Waals surface area contributed by atoms with Gasteiger partial charge in [0.05, 0.1) is 5.69 Å². The molecule has 2 aromatic rings. The number of rotatable bonds is 2. The molecule has 1 aromatic heterocycles. The summed E-state index contributed by atoms with van der Waals surface area (Å²) in [6.07, 6.45) is 2.40. The van der Waals surface area contributed by atoms with Crippen molar-refractivity contribution in [2.75, 3.05) is 0 Å². The molecule has 0 spiro atoms. The highest BCUT2D eigenvalue weighted by Gasteiger charge is 2.30. The molecule has 1 aliphatic heterocycles. The van der Waals surface area contributed by atoms with E-state index in [0.29, 0.717) is 6.42 Å². The number of hydrogen-bond donors (Lipinski definition) is 1. The smallest absolute Gasteiger partial charge is 0.326 e. The molecule has 0 fully saturated rings. The summed E-state index contributed by atoms with van der Waals surface area (Å²) in [6, 6.07) is 7.50. The summed E-state index contributed by atoms with van der Waals surface area (Å²) in [5.74, 6) is -0.0526. The van der Waals surface area contributed by atoms with Gasteiger partial charge in [-0.05, 0) is 42.1 Å². The highest BCUT2D eigenvalue weighted by molar-refractivity contribution is 9.10. The van der Waals surface area contributed by atoms with Gasteiger partial charge in [-0.1, -0.05) is 29.8 Å². The minimum atomic E-state index is -0.788. The molecule has 0 saturated carbocycles. The van der Waals surface area contributed by atoms with Crippen LogP contribution in [0, 0.1) is 6.92 Å². The summed E-state index contributed by atoms with van der Waals surface area (Å²) in [6.45, 7) is 2.03. The second-order valence-corrected chi connectivity index (χ2v) is 5.91. The molecule has 1 aromatic carbocycles. The van der Waals surface area contributed by atoms with Gasteiger partial charge in [-0.2, -0.15) is 0 Å². The number of carboxylic acids is 1. The fraction of sp³-hybridized carbons (Fsp3) is 0.333. The maximum absolute atomic E-state index is 11.5. The molecule has 2 heterocycles. The largest absolute Gasteiger partial charge is 0.480 e. The minimum absolute atomic E-state index is 0.520. The van der Waals surface area contributed by atoms with E-state index in [0.717, 1.165) is 34.5 Å². The van der Waals surface area contributed by atoms with Crippen LogP contribution in [0.2, 0.25) is 0 Å². The van der Waals surface area contributed by atoms with Crippen molar-refractivity contribution in [3.8, 4) is 11.4 Å². The van der Waals surface area contributed by atoms with Gasteiger partial charge in [0.25, 0.3) is 0 Å². The van der Waals surface area contributed by atoms with Gasteiger partial charge in [-0.15, -0.1) is 0 Å². The zero-order valence-electron chi connectivity index (χ0n) is 11.1. The van der Waals surface area contributed by atoms with Crippen molar-refractivity contribution < 1.29 is 9.90 Å². The molecule has 0 saturated heterocycles. The zero-order chi connectivity index (χ0) is 14.3. The van der Waals surface area contributed by atoms with E-state index in [2.05, 4.69) is 20.9 Å². The van der Waals surface area contributed by atoms with E-state index in [1.807, 2.05) is 35.8 Å². The van der Waals surface area contributed by atoms with E-state index in [9.17, 15) is 9.90 Å². The van der Waals surface area contributed by atoms with Crippen LogP contribution in [0.25, 0.3) is 11.4 Å². The number of nitrogens with zero attached hydrogens (tertiary/aromatic N) is 2. The normalized spacial score (nSPS) is 17.8. The van der Waals surface area contributed by atoms with Crippen molar-refractivity contribution in [2.24, 2.45) is 0 Å². The fourth-order valence-corrected chi connectivity index (χ4v) is 3.29. The highest BCUT2D eigenvalue weighted by atomic mass is 79.9. The van der Waals surface area contributed by atoms with Gasteiger partial charge in [0, 0.05) is 5.56 Å². The molecule has 3 rings (SSSR count). The Hall–Kier alpha value is -1.62. The van der Waals surface area contributed by atoms with Crippen molar-refractivity contribution in [1.29, 1.82) is 0 Å². The first-order valence-corrected chi connectivity index (χ1v) is 7.43. The summed E-state index contributed by atoms with van der Waals surface area (Å²) < 4.78 is 2.64. The molecule has 104 valence electrons. The maximum Gasteiger partial charge on any atom is 0.326 e. The topological polar surface area (TPSA) is 55.1 Å². The number of hydrogen-bond acceptors (Lipinski definition) is 2. The van der Waals surface area contributed by atoms with Gasteiger partial charge < -0.3 is 9.67 Å². The van der Waals surface area contributed by atoms with E-state index in [-0.39, 0.29) is 0 Å². The van der Waals surface area contributed by atoms with Crippen LogP contribution in [-0.2, 0) is 11.2 Å². The Kier molecular flexibility index (Phi) is 3.38. The molecular formula is C15H15BrN2O2. The lowest BCUT2D eigenvalue weighted by Crippen LogP contribution is -2.25. The van der Waals surface area contributed by atoms with E-state index in [1.165, 1.54) is 5.56 Å². The molecule has 5 heteroatoms. The highest BCUT2D eigenvalue weighted by Crippen LogP contribution is 2.35. The molecule has 0 radical (unpaired) electrons. The van der Waals surface area contributed by atoms with Crippen LogP contribution in [0.4, 0.5) is 0 Å². The van der Waals surface area contributed by atoms with E-state index in [1.54, 1.807) is 0 Å². The van der Waals surface area contributed by atoms with Crippen LogP contribution in [0.3, 0.4) is 0 Å². The van der Waals surface area contributed by atoms with Crippen LogP contribution >= 0.6 is 15.9 Å². The Bertz CT molecular complexity index is 661. The number of halogens is 1. The van der Waals surface area contributed by atoms with Gasteiger partial charge in [-0.3, -0.25) is 0 Å². The number of aryl methyl sites for hydroxylation is 1. The number of aromatic nitrogens is 2. The standard InChI is InChI=1S/C15H15BrN2O2/c1-9-5-7-10(8-6-9)14-17-13(16)11-3-2-4-12(15(19)20)18(11)14/h5-8,12H,2-4H2,1H3,(H,19,20). The van der Waals surface area contributed by atoms with Crippen LogP contribution in [0.15, 0.2) is 28.9 Å². The number of aliphatic carboxylic acids is 1. The maximum atomic E-state index is 11.5. The Labute approximate surface area is 125 Å². The Balaban J connectivity index is 2.17. The summed E-state index contributed by atoms with van der Waals surface area (Å²) in [5, 5.41) is 9.45. The van der Waals surface area contributed by atoms with Crippen molar-refractivity contribution in [3.05, 3.63) is 40.1 Å². The van der Waals surface area contributed by atoms with Crippen molar-refractivity contribution in [1.82, 2.24) is 9.55 Å². The van der Waals surface area contributed by atoms with E-state index >= 15 is 0 Å². The summed E-state index contributed by atoms with van der Waals surface area (Å²) >= 11 is 3.47. The molecule has 0 bridgehead atoms. The number of carboxylic acid groups (broad SMARTS) is 1. The third-order valence-electron chi connectivity index (χ3n) is 3.76. The molecule has 1 unspecified atom stereocenters.